The molecule has 142 valence electrons. The summed E-state index contributed by atoms with van der Waals surface area (Å²) >= 11 is 0. The van der Waals surface area contributed by atoms with Gasteiger partial charge in [0, 0.05) is 30.6 Å². The molecule has 1 N–H and O–H groups in total. The second-order valence-corrected chi connectivity index (χ2v) is 6.99. The highest BCUT2D eigenvalue weighted by atomic mass is 16.4. The minimum Gasteiger partial charge on any atom is -0.481 e. The number of carbonyl (C=O) groups excluding carboxylic acids is 2. The third kappa shape index (κ3) is 4.64. The van der Waals surface area contributed by atoms with Crippen LogP contribution in [-0.2, 0) is 4.79 Å². The van der Waals surface area contributed by atoms with Gasteiger partial charge in [-0.2, -0.15) is 0 Å². The summed E-state index contributed by atoms with van der Waals surface area (Å²) in [4.78, 5) is 36.6. The second-order valence-electron chi connectivity index (χ2n) is 6.99. The first-order chi connectivity index (χ1) is 12.9. The van der Waals surface area contributed by atoms with Crippen LogP contribution in [0.5, 0.6) is 0 Å². The molecule has 6 nitrogen and oxygen atoms in total. The zero-order chi connectivity index (χ0) is 19.4. The highest BCUT2D eigenvalue weighted by Crippen LogP contribution is 2.26. The van der Waals surface area contributed by atoms with E-state index in [1.807, 2.05) is 0 Å². The third-order valence-corrected chi connectivity index (χ3v) is 4.97. The van der Waals surface area contributed by atoms with Gasteiger partial charge in [-0.15, -0.1) is 0 Å². The van der Waals surface area contributed by atoms with E-state index in [2.05, 4.69) is 0 Å². The van der Waals surface area contributed by atoms with E-state index in [-0.39, 0.29) is 29.8 Å². The van der Waals surface area contributed by atoms with Crippen molar-refractivity contribution in [2.24, 2.45) is 5.92 Å². The molecule has 0 bridgehead atoms. The number of Topliss-reactive ketones (excluding diaryl/α,β-unsaturated/α-hetero) is 1. The normalized spacial score (nSPS) is 16.9. The molecule has 1 fully saturated rings. The molecule has 0 aliphatic carbocycles. The summed E-state index contributed by atoms with van der Waals surface area (Å²) in [5, 5.41) is 8.84. The van der Waals surface area contributed by atoms with Crippen molar-refractivity contribution in [2.45, 2.75) is 32.6 Å². The van der Waals surface area contributed by atoms with Crippen LogP contribution in [0.15, 0.2) is 40.8 Å². The first-order valence-corrected chi connectivity index (χ1v) is 9.16. The number of furan rings is 1. The molecule has 1 atom stereocenters. The quantitative estimate of drug-likeness (QED) is 0.781. The highest BCUT2D eigenvalue weighted by Gasteiger charge is 2.26. The van der Waals surface area contributed by atoms with Gasteiger partial charge in [0.25, 0.3) is 5.91 Å². The van der Waals surface area contributed by atoms with Crippen LogP contribution in [0, 0.1) is 5.92 Å². The SMILES string of the molecule is CC(=O)c1ccc(-c2ccc(C(=O)N3CCCC(CCC(=O)O)C3)o2)cc1. The van der Waals surface area contributed by atoms with Crippen molar-refractivity contribution in [1.29, 1.82) is 0 Å². The Kier molecular flexibility index (Phi) is 5.74. The molecule has 0 spiro atoms. The Labute approximate surface area is 157 Å². The van der Waals surface area contributed by atoms with Gasteiger partial charge in [-0.25, -0.2) is 0 Å². The molecule has 1 aromatic carbocycles. The molecule has 1 aromatic heterocycles. The predicted octanol–water partition coefficient (Wildman–Crippen LogP) is 3.87. The van der Waals surface area contributed by atoms with Crippen LogP contribution in [0.1, 0.15) is 53.5 Å². The van der Waals surface area contributed by atoms with Crippen molar-refractivity contribution in [2.75, 3.05) is 13.1 Å². The summed E-state index contributed by atoms with van der Waals surface area (Å²) < 4.78 is 5.75. The minimum absolute atomic E-state index is 0.000544. The summed E-state index contributed by atoms with van der Waals surface area (Å²) in [6, 6.07) is 10.5. The molecule has 1 aliphatic rings. The van der Waals surface area contributed by atoms with Crippen LogP contribution < -0.4 is 0 Å². The zero-order valence-corrected chi connectivity index (χ0v) is 15.3. The van der Waals surface area contributed by atoms with Gasteiger partial charge >= 0.3 is 5.97 Å². The van der Waals surface area contributed by atoms with E-state index in [1.54, 1.807) is 41.3 Å². The van der Waals surface area contributed by atoms with Gasteiger partial charge in [-0.1, -0.05) is 24.3 Å². The lowest BCUT2D eigenvalue weighted by molar-refractivity contribution is -0.137. The Morgan fingerprint density at radius 2 is 1.89 bits per heavy atom. The third-order valence-electron chi connectivity index (χ3n) is 4.97. The van der Waals surface area contributed by atoms with E-state index >= 15 is 0 Å². The molecular formula is C21H23NO5. The number of carboxylic acids is 1. The summed E-state index contributed by atoms with van der Waals surface area (Å²) in [5.41, 5.74) is 1.43. The maximum Gasteiger partial charge on any atom is 0.303 e. The molecule has 0 radical (unpaired) electrons. The van der Waals surface area contributed by atoms with E-state index in [0.717, 1.165) is 18.4 Å². The average Bonchev–Trinajstić information content (AvgIpc) is 3.16. The fraction of sp³-hybridized carbons (Fsp3) is 0.381. The highest BCUT2D eigenvalue weighted by molar-refractivity contribution is 5.94. The van der Waals surface area contributed by atoms with Crippen molar-refractivity contribution >= 4 is 17.7 Å². The topological polar surface area (TPSA) is 87.8 Å². The number of rotatable bonds is 6. The standard InChI is InChI=1S/C21H23NO5/c1-14(23)16-5-7-17(8-6-16)18-9-10-19(27-18)21(26)22-12-2-3-15(13-22)4-11-20(24)25/h5-10,15H,2-4,11-13H2,1H3,(H,24,25). The number of nitrogens with zero attached hydrogens (tertiary/aromatic N) is 1. The average molecular weight is 369 g/mol. The van der Waals surface area contributed by atoms with Gasteiger partial charge in [0.1, 0.15) is 5.76 Å². The van der Waals surface area contributed by atoms with Gasteiger partial charge in [0.05, 0.1) is 0 Å². The molecule has 2 heterocycles. The number of hydrogen-bond donors (Lipinski definition) is 1. The van der Waals surface area contributed by atoms with E-state index in [1.165, 1.54) is 6.92 Å². The van der Waals surface area contributed by atoms with Gasteiger partial charge in [-0.05, 0) is 44.2 Å². The number of benzene rings is 1. The molecule has 1 unspecified atom stereocenters. The van der Waals surface area contributed by atoms with E-state index in [0.29, 0.717) is 30.8 Å². The number of amides is 1. The number of piperidine rings is 1. The fourth-order valence-electron chi connectivity index (χ4n) is 3.45. The summed E-state index contributed by atoms with van der Waals surface area (Å²) in [7, 11) is 0. The predicted molar refractivity (Wildman–Crippen MR) is 99.6 cm³/mol. The number of carbonyl (C=O) groups is 3. The van der Waals surface area contributed by atoms with Crippen LogP contribution in [0.3, 0.4) is 0 Å². The van der Waals surface area contributed by atoms with Crippen molar-refractivity contribution in [3.05, 3.63) is 47.7 Å². The monoisotopic (exact) mass is 369 g/mol. The van der Waals surface area contributed by atoms with Crippen molar-refractivity contribution in [1.82, 2.24) is 4.90 Å². The largest absolute Gasteiger partial charge is 0.481 e. The zero-order valence-electron chi connectivity index (χ0n) is 15.3. The molecule has 6 heteroatoms. The van der Waals surface area contributed by atoms with Crippen LogP contribution in [0.2, 0.25) is 0 Å². The molecule has 1 aliphatic heterocycles. The smallest absolute Gasteiger partial charge is 0.303 e. The molecule has 1 amide bonds. The lowest BCUT2D eigenvalue weighted by atomic mass is 9.93. The van der Waals surface area contributed by atoms with Gasteiger partial charge in [0.2, 0.25) is 0 Å². The van der Waals surface area contributed by atoms with Crippen LogP contribution in [0.25, 0.3) is 11.3 Å². The minimum atomic E-state index is -0.801. The van der Waals surface area contributed by atoms with Gasteiger partial charge < -0.3 is 14.4 Å². The number of aliphatic carboxylic acids is 1. The Hall–Kier alpha value is -2.89. The lowest BCUT2D eigenvalue weighted by Crippen LogP contribution is -2.39. The van der Waals surface area contributed by atoms with Crippen molar-refractivity contribution in [3.63, 3.8) is 0 Å². The Morgan fingerprint density at radius 3 is 2.56 bits per heavy atom. The van der Waals surface area contributed by atoms with Crippen molar-refractivity contribution < 1.29 is 23.9 Å². The lowest BCUT2D eigenvalue weighted by Gasteiger charge is -2.32. The molecular weight excluding hydrogens is 346 g/mol. The Morgan fingerprint density at radius 1 is 1.15 bits per heavy atom. The summed E-state index contributed by atoms with van der Waals surface area (Å²) in [6.07, 6.45) is 2.54. The Balaban J connectivity index is 1.67. The molecule has 1 saturated heterocycles. The number of carboxylic acid groups (broad SMARTS) is 1. The van der Waals surface area contributed by atoms with E-state index in [4.69, 9.17) is 9.52 Å². The van der Waals surface area contributed by atoms with Gasteiger partial charge in [-0.3, -0.25) is 14.4 Å². The van der Waals surface area contributed by atoms with Crippen LogP contribution >= 0.6 is 0 Å². The van der Waals surface area contributed by atoms with Crippen LogP contribution in [-0.4, -0.2) is 40.8 Å². The van der Waals surface area contributed by atoms with E-state index in [9.17, 15) is 14.4 Å². The molecule has 2 aromatic rings. The summed E-state index contributed by atoms with van der Waals surface area (Å²) in [5.74, 6) is 0.103. The second kappa shape index (κ2) is 8.20. The number of likely N-dealkylation sites (tertiary alicyclic amines) is 1. The molecule has 0 saturated carbocycles. The first kappa shape index (κ1) is 18.9. The van der Waals surface area contributed by atoms with Gasteiger partial charge in [0.15, 0.2) is 11.5 Å². The number of ketones is 1. The van der Waals surface area contributed by atoms with Crippen molar-refractivity contribution in [3.8, 4) is 11.3 Å². The Bertz CT molecular complexity index is 837. The fourth-order valence-corrected chi connectivity index (χ4v) is 3.45. The van der Waals surface area contributed by atoms with Crippen LogP contribution in [0.4, 0.5) is 0 Å². The summed E-state index contributed by atoms with van der Waals surface area (Å²) in [6.45, 7) is 2.74. The first-order valence-electron chi connectivity index (χ1n) is 9.16. The number of hydrogen-bond acceptors (Lipinski definition) is 4. The molecule has 27 heavy (non-hydrogen) atoms. The maximum atomic E-state index is 12.7. The molecule has 3 rings (SSSR count). The maximum absolute atomic E-state index is 12.7. The van der Waals surface area contributed by atoms with E-state index < -0.39 is 5.97 Å².